The molecule has 3 fully saturated rings. The first-order valence-corrected chi connectivity index (χ1v) is 21.0. The quantitative estimate of drug-likeness (QED) is 0.113. The zero-order valence-electron chi connectivity index (χ0n) is 35.1. The summed E-state index contributed by atoms with van der Waals surface area (Å²) < 4.78 is 6.09. The Labute approximate surface area is 332 Å². The van der Waals surface area contributed by atoms with E-state index in [0.717, 1.165) is 73.5 Å². The highest BCUT2D eigenvalue weighted by Gasteiger charge is 2.59. The maximum Gasteiger partial charge on any atom is 0.306 e. The summed E-state index contributed by atoms with van der Waals surface area (Å²) in [7, 11) is 0. The van der Waals surface area contributed by atoms with Gasteiger partial charge in [-0.15, -0.1) is 24.8 Å². The number of carbonyl (C=O) groups excluding carboxylic acids is 2. The van der Waals surface area contributed by atoms with Gasteiger partial charge in [0.1, 0.15) is 6.10 Å². The van der Waals surface area contributed by atoms with Gasteiger partial charge in [0.05, 0.1) is 6.42 Å². The molecule has 304 valence electrons. The fraction of sp³-hybridized carbons (Fsp3) is 0.909. The zero-order valence-corrected chi connectivity index (χ0v) is 36.7. The highest BCUT2D eigenvalue weighted by atomic mass is 35.5. The van der Waals surface area contributed by atoms with E-state index in [-0.39, 0.29) is 72.1 Å². The Balaban J connectivity index is 0.00000468. The average molecular weight is 771 g/mol. The second-order valence-electron chi connectivity index (χ2n) is 20.0. The Hall–Kier alpha value is -0.820. The molecule has 0 aromatic rings. The molecule has 1 amide bonds. The van der Waals surface area contributed by atoms with Crippen LogP contribution in [-0.2, 0) is 14.3 Å². The van der Waals surface area contributed by atoms with Crippen LogP contribution in [0.4, 0.5) is 0 Å². The third-order valence-corrected chi connectivity index (χ3v) is 14.7. The minimum absolute atomic E-state index is 0. The van der Waals surface area contributed by atoms with E-state index in [0.29, 0.717) is 24.9 Å². The molecule has 0 aliphatic heterocycles. The summed E-state index contributed by atoms with van der Waals surface area (Å²) in [6.45, 7) is 24.2. The summed E-state index contributed by atoms with van der Waals surface area (Å²) in [5, 5.41) is 0. The number of esters is 1. The molecule has 0 heterocycles. The van der Waals surface area contributed by atoms with E-state index in [1.54, 1.807) is 5.57 Å². The zero-order chi connectivity index (χ0) is 37.1. The van der Waals surface area contributed by atoms with E-state index in [1.165, 1.54) is 51.4 Å². The van der Waals surface area contributed by atoms with E-state index in [2.05, 4.69) is 47.6 Å². The van der Waals surface area contributed by atoms with Crippen molar-refractivity contribution < 1.29 is 14.3 Å². The first-order valence-electron chi connectivity index (χ1n) is 21.0. The van der Waals surface area contributed by atoms with Gasteiger partial charge in [-0.1, -0.05) is 66.0 Å². The predicted molar refractivity (Wildman–Crippen MR) is 223 cm³/mol. The summed E-state index contributed by atoms with van der Waals surface area (Å²) >= 11 is 0. The van der Waals surface area contributed by atoms with Crippen molar-refractivity contribution in [3.63, 3.8) is 0 Å². The van der Waals surface area contributed by atoms with Crippen LogP contribution in [0.2, 0.25) is 0 Å². The molecule has 0 radical (unpaired) electrons. The fourth-order valence-corrected chi connectivity index (χ4v) is 11.5. The molecule has 4 rings (SSSR count). The minimum Gasteiger partial charge on any atom is -0.462 e. The summed E-state index contributed by atoms with van der Waals surface area (Å²) in [6.07, 6.45) is 19.0. The van der Waals surface area contributed by atoms with E-state index >= 15 is 0 Å². The number of allylic oxidation sites excluding steroid dienone is 1. The van der Waals surface area contributed by atoms with E-state index in [4.69, 9.17) is 16.2 Å². The highest BCUT2D eigenvalue weighted by molar-refractivity contribution is 5.85. The van der Waals surface area contributed by atoms with Crippen LogP contribution in [0.1, 0.15) is 172 Å². The molecule has 52 heavy (non-hydrogen) atoms. The van der Waals surface area contributed by atoms with Crippen LogP contribution in [0.3, 0.4) is 0 Å². The number of rotatable bonds is 17. The maximum absolute atomic E-state index is 13.3. The number of hydrogen-bond acceptors (Lipinski definition) is 5. The number of halogens is 2. The van der Waals surface area contributed by atoms with Gasteiger partial charge >= 0.3 is 5.97 Å². The lowest BCUT2D eigenvalue weighted by atomic mass is 9.47. The Morgan fingerprint density at radius 1 is 0.904 bits per heavy atom. The third kappa shape index (κ3) is 11.8. The fourth-order valence-electron chi connectivity index (χ4n) is 11.5. The number of amides is 1. The number of fused-ring (bicyclic) bond motifs is 5. The van der Waals surface area contributed by atoms with Crippen LogP contribution in [0.25, 0.3) is 0 Å². The van der Waals surface area contributed by atoms with Gasteiger partial charge in [0, 0.05) is 37.0 Å². The molecule has 0 aromatic carbocycles. The molecule has 0 unspecified atom stereocenters. The van der Waals surface area contributed by atoms with Crippen molar-refractivity contribution in [3.8, 4) is 0 Å². The van der Waals surface area contributed by atoms with Gasteiger partial charge in [0.25, 0.3) is 0 Å². The molecule has 4 aliphatic carbocycles. The highest BCUT2D eigenvalue weighted by Crippen LogP contribution is 2.67. The second-order valence-corrected chi connectivity index (χ2v) is 20.0. The smallest absolute Gasteiger partial charge is 0.306 e. The monoisotopic (exact) mass is 770 g/mol. The summed E-state index contributed by atoms with van der Waals surface area (Å²) in [6, 6.07) is 0. The standard InChI is InChI=1S/C44H79N3O3.2ClH/c1-11-32(30(2)3)14-13-31(4)36-17-18-37-35-16-15-33-29-34(21-24-43(33,9)38(35)22-25-44(36,37)10)50-40(49)20-19-39(48)47(28-26-42(7,8)46)27-12-23-41(5,6)45;;/h15,30-32,34-38H,11-14,16-29,45-46H2,1-10H3;2*1H/t31-,32-,34+,35+,36-,37+,38+,43+,44-;;/m1../s1. The largest absolute Gasteiger partial charge is 0.462 e. The van der Waals surface area contributed by atoms with E-state index in [9.17, 15) is 9.59 Å². The Morgan fingerprint density at radius 2 is 1.58 bits per heavy atom. The molecule has 4 aliphatic rings. The first-order chi connectivity index (χ1) is 23.3. The van der Waals surface area contributed by atoms with Gasteiger partial charge < -0.3 is 21.1 Å². The number of nitrogens with zero attached hydrogens (tertiary/aromatic N) is 1. The molecule has 3 saturated carbocycles. The van der Waals surface area contributed by atoms with Crippen molar-refractivity contribution >= 4 is 36.7 Å². The van der Waals surface area contributed by atoms with Gasteiger partial charge in [-0.05, 0) is 151 Å². The number of hydrogen-bond donors (Lipinski definition) is 2. The molecule has 6 nitrogen and oxygen atoms in total. The van der Waals surface area contributed by atoms with Crippen molar-refractivity contribution in [2.45, 2.75) is 189 Å². The van der Waals surface area contributed by atoms with Crippen LogP contribution in [0.15, 0.2) is 11.6 Å². The van der Waals surface area contributed by atoms with Crippen molar-refractivity contribution in [1.82, 2.24) is 4.90 Å². The van der Waals surface area contributed by atoms with Gasteiger partial charge in [0.2, 0.25) is 5.91 Å². The van der Waals surface area contributed by atoms with Gasteiger partial charge in [-0.25, -0.2) is 0 Å². The number of ether oxygens (including phenoxy) is 1. The molecular weight excluding hydrogens is 689 g/mol. The van der Waals surface area contributed by atoms with E-state index < -0.39 is 0 Å². The lowest BCUT2D eigenvalue weighted by molar-refractivity contribution is -0.153. The van der Waals surface area contributed by atoms with Crippen LogP contribution < -0.4 is 11.5 Å². The van der Waals surface area contributed by atoms with Crippen LogP contribution >= 0.6 is 24.8 Å². The van der Waals surface area contributed by atoms with Crippen molar-refractivity contribution in [2.24, 2.45) is 63.7 Å². The SMILES string of the molecule is CC[C@H](CC[C@@H](C)[C@H]1CC[C@H]2[C@@H]3CC=C4C[C@@H](OC(=O)CCC(=O)N(CCCC(C)(C)N)CCC(C)(C)N)CC[C@]4(C)[C@H]3CC[C@]12C)C(C)C.Cl.Cl. The maximum atomic E-state index is 13.3. The number of nitrogens with two attached hydrogens (primary N) is 2. The Bertz CT molecular complexity index is 1180. The molecule has 0 spiro atoms. The van der Waals surface area contributed by atoms with E-state index in [1.807, 2.05) is 32.6 Å². The lowest BCUT2D eigenvalue weighted by Crippen LogP contribution is -2.51. The van der Waals surface area contributed by atoms with Crippen LogP contribution in [-0.4, -0.2) is 47.0 Å². The van der Waals surface area contributed by atoms with Crippen molar-refractivity contribution in [1.29, 1.82) is 0 Å². The third-order valence-electron chi connectivity index (χ3n) is 14.7. The van der Waals surface area contributed by atoms with Crippen molar-refractivity contribution in [3.05, 3.63) is 11.6 Å². The first kappa shape index (κ1) is 47.3. The molecule has 0 bridgehead atoms. The summed E-state index contributed by atoms with van der Waals surface area (Å²) in [5.74, 6) is 5.53. The Kier molecular flexibility index (Phi) is 17.6. The van der Waals surface area contributed by atoms with Crippen molar-refractivity contribution in [2.75, 3.05) is 13.1 Å². The molecule has 9 atom stereocenters. The molecule has 4 N–H and O–H groups in total. The molecule has 0 aromatic heterocycles. The van der Waals surface area contributed by atoms with Crippen LogP contribution in [0.5, 0.6) is 0 Å². The summed E-state index contributed by atoms with van der Waals surface area (Å²) in [4.78, 5) is 28.2. The second kappa shape index (κ2) is 19.4. The molecule has 8 heteroatoms. The molecule has 0 saturated heterocycles. The lowest BCUT2D eigenvalue weighted by Gasteiger charge is -2.58. The average Bonchev–Trinajstić information content (AvgIpc) is 3.38. The van der Waals surface area contributed by atoms with Crippen LogP contribution in [0, 0.1) is 52.3 Å². The number of carbonyl (C=O) groups is 2. The van der Waals surface area contributed by atoms with Gasteiger partial charge in [-0.2, -0.15) is 0 Å². The topological polar surface area (TPSA) is 98.7 Å². The molecular formula is C44H81Cl2N3O3. The normalized spacial score (nSPS) is 31.2. The van der Waals surface area contributed by atoms with Gasteiger partial charge in [-0.3, -0.25) is 9.59 Å². The Morgan fingerprint density at radius 3 is 2.19 bits per heavy atom. The predicted octanol–water partition coefficient (Wildman–Crippen LogP) is 10.7. The summed E-state index contributed by atoms with van der Waals surface area (Å²) in [5.41, 5.74) is 14.1. The van der Waals surface area contributed by atoms with Gasteiger partial charge in [0.15, 0.2) is 0 Å². The minimum atomic E-state index is -0.352.